The third-order valence-corrected chi connectivity index (χ3v) is 6.35. The summed E-state index contributed by atoms with van der Waals surface area (Å²) in [7, 11) is -3.04. The smallest absolute Gasteiger partial charge is 0.212 e. The van der Waals surface area contributed by atoms with Gasteiger partial charge in [0.1, 0.15) is 0 Å². The fourth-order valence-corrected chi connectivity index (χ4v) is 5.06. The number of sulfonamides is 1. The van der Waals surface area contributed by atoms with Gasteiger partial charge in [0.2, 0.25) is 10.0 Å². The van der Waals surface area contributed by atoms with Gasteiger partial charge in [0, 0.05) is 13.1 Å². The summed E-state index contributed by atoms with van der Waals surface area (Å²) >= 11 is 1.72. The van der Waals surface area contributed by atoms with Crippen LogP contribution in [0.2, 0.25) is 0 Å². The second-order valence-corrected chi connectivity index (χ2v) is 8.20. The molecular weight excluding hydrogens is 266 g/mol. The van der Waals surface area contributed by atoms with Crippen molar-refractivity contribution in [2.24, 2.45) is 5.92 Å². The molecule has 0 atom stereocenters. The number of hydrogen-bond donors (Lipinski definition) is 0. The Hall–Kier alpha value is -0.390. The Kier molecular flexibility index (Phi) is 4.45. The van der Waals surface area contributed by atoms with Crippen LogP contribution >= 0.6 is 11.3 Å². The first-order valence-corrected chi connectivity index (χ1v) is 9.04. The van der Waals surface area contributed by atoms with Crippen molar-refractivity contribution in [1.29, 1.82) is 0 Å². The lowest BCUT2D eigenvalue weighted by Crippen LogP contribution is -2.40. The number of thiophene rings is 1. The number of rotatable bonds is 4. The first-order chi connectivity index (χ1) is 8.49. The number of piperidine rings is 1. The molecule has 0 amide bonds. The van der Waals surface area contributed by atoms with Crippen LogP contribution in [0.1, 0.15) is 38.2 Å². The lowest BCUT2D eigenvalue weighted by molar-refractivity contribution is 0.318. The first-order valence-electron chi connectivity index (χ1n) is 6.49. The zero-order chi connectivity index (χ0) is 13.2. The largest absolute Gasteiger partial charge is 0.214 e. The highest BCUT2D eigenvalue weighted by Gasteiger charge is 2.28. The molecule has 0 saturated carbocycles. The van der Waals surface area contributed by atoms with E-state index >= 15 is 0 Å². The Labute approximate surface area is 114 Å². The summed E-state index contributed by atoms with van der Waals surface area (Å²) in [5.74, 6) is 1.02. The molecule has 1 aliphatic heterocycles. The van der Waals surface area contributed by atoms with Crippen LogP contribution in [0.25, 0.3) is 0 Å². The van der Waals surface area contributed by atoms with Gasteiger partial charge in [-0.05, 0) is 47.1 Å². The summed E-state index contributed by atoms with van der Waals surface area (Å²) in [6, 6.07) is 2.16. The zero-order valence-corrected chi connectivity index (χ0v) is 12.6. The summed E-state index contributed by atoms with van der Waals surface area (Å²) in [6.07, 6.45) is 1.90. The van der Waals surface area contributed by atoms with E-state index in [0.717, 1.165) is 12.8 Å². The molecule has 0 aromatic carbocycles. The van der Waals surface area contributed by atoms with Crippen LogP contribution < -0.4 is 0 Å². The van der Waals surface area contributed by atoms with Gasteiger partial charge in [0.15, 0.2) is 0 Å². The lowest BCUT2D eigenvalue weighted by atomic mass is 9.92. The summed E-state index contributed by atoms with van der Waals surface area (Å²) < 4.78 is 25.9. The van der Waals surface area contributed by atoms with Crippen LogP contribution in [0.4, 0.5) is 0 Å². The Bertz CT molecular complexity index is 457. The predicted octanol–water partition coefficient (Wildman–Crippen LogP) is 2.91. The Balaban J connectivity index is 1.94. The van der Waals surface area contributed by atoms with E-state index in [2.05, 4.69) is 16.8 Å². The number of nitrogens with zero attached hydrogens (tertiary/aromatic N) is 1. The molecule has 1 aliphatic rings. The van der Waals surface area contributed by atoms with Crippen LogP contribution in [-0.4, -0.2) is 31.6 Å². The molecule has 0 N–H and O–H groups in total. The van der Waals surface area contributed by atoms with Gasteiger partial charge >= 0.3 is 0 Å². The van der Waals surface area contributed by atoms with Gasteiger partial charge in [-0.1, -0.05) is 13.8 Å². The van der Waals surface area contributed by atoms with Crippen molar-refractivity contribution in [3.05, 3.63) is 22.4 Å². The highest BCUT2D eigenvalue weighted by Crippen LogP contribution is 2.30. The molecule has 0 unspecified atom stereocenters. The van der Waals surface area contributed by atoms with E-state index in [1.165, 1.54) is 5.56 Å². The minimum atomic E-state index is -3.04. The quantitative estimate of drug-likeness (QED) is 0.854. The van der Waals surface area contributed by atoms with Crippen molar-refractivity contribution in [3.8, 4) is 0 Å². The standard InChI is InChI=1S/C13H21NO2S2/c1-11(2)10-18(15,16)14-6-3-12(4-7-14)13-5-8-17-9-13/h5,8-9,11-12H,3-4,6-7,10H2,1-2H3. The van der Waals surface area contributed by atoms with Gasteiger partial charge in [0.05, 0.1) is 5.75 Å². The molecule has 3 nitrogen and oxygen atoms in total. The average molecular weight is 287 g/mol. The summed E-state index contributed by atoms with van der Waals surface area (Å²) in [5, 5.41) is 4.28. The lowest BCUT2D eigenvalue weighted by Gasteiger charge is -2.31. The van der Waals surface area contributed by atoms with Crippen molar-refractivity contribution in [1.82, 2.24) is 4.31 Å². The summed E-state index contributed by atoms with van der Waals surface area (Å²) in [6.45, 7) is 5.26. The molecule has 1 aromatic rings. The van der Waals surface area contributed by atoms with Gasteiger partial charge in [-0.2, -0.15) is 11.3 Å². The topological polar surface area (TPSA) is 37.4 Å². The first kappa shape index (κ1) is 14.0. The predicted molar refractivity (Wildman–Crippen MR) is 76.5 cm³/mol. The van der Waals surface area contributed by atoms with Crippen LogP contribution in [0.3, 0.4) is 0 Å². The normalized spacial score (nSPS) is 19.5. The Morgan fingerprint density at radius 1 is 1.39 bits per heavy atom. The van der Waals surface area contributed by atoms with E-state index in [1.807, 2.05) is 13.8 Å². The van der Waals surface area contributed by atoms with Crippen LogP contribution in [0.15, 0.2) is 16.8 Å². The minimum absolute atomic E-state index is 0.199. The van der Waals surface area contributed by atoms with Crippen LogP contribution in [0, 0.1) is 5.92 Å². The molecule has 1 aromatic heterocycles. The second kappa shape index (κ2) is 5.72. The minimum Gasteiger partial charge on any atom is -0.212 e. The molecule has 5 heteroatoms. The molecule has 0 radical (unpaired) electrons. The second-order valence-electron chi connectivity index (χ2n) is 5.40. The van der Waals surface area contributed by atoms with Crippen molar-refractivity contribution < 1.29 is 8.42 Å². The zero-order valence-electron chi connectivity index (χ0n) is 11.0. The Morgan fingerprint density at radius 2 is 2.06 bits per heavy atom. The van der Waals surface area contributed by atoms with Crippen molar-refractivity contribution in [2.45, 2.75) is 32.6 Å². The fourth-order valence-electron chi connectivity index (χ4n) is 2.50. The van der Waals surface area contributed by atoms with Gasteiger partial charge < -0.3 is 0 Å². The van der Waals surface area contributed by atoms with E-state index in [-0.39, 0.29) is 11.7 Å². The molecule has 2 rings (SSSR count). The maximum Gasteiger partial charge on any atom is 0.214 e. The monoisotopic (exact) mass is 287 g/mol. The average Bonchev–Trinajstić information content (AvgIpc) is 2.81. The van der Waals surface area contributed by atoms with Gasteiger partial charge in [-0.3, -0.25) is 0 Å². The molecule has 2 heterocycles. The van der Waals surface area contributed by atoms with E-state index in [0.29, 0.717) is 19.0 Å². The van der Waals surface area contributed by atoms with E-state index in [1.54, 1.807) is 15.6 Å². The highest BCUT2D eigenvalue weighted by atomic mass is 32.2. The third-order valence-electron chi connectivity index (χ3n) is 3.41. The molecule has 1 fully saturated rings. The highest BCUT2D eigenvalue weighted by molar-refractivity contribution is 7.89. The van der Waals surface area contributed by atoms with Crippen molar-refractivity contribution >= 4 is 21.4 Å². The molecule has 0 spiro atoms. The van der Waals surface area contributed by atoms with Gasteiger partial charge in [-0.25, -0.2) is 12.7 Å². The molecule has 18 heavy (non-hydrogen) atoms. The SMILES string of the molecule is CC(C)CS(=O)(=O)N1CCC(c2ccsc2)CC1. The fraction of sp³-hybridized carbons (Fsp3) is 0.692. The van der Waals surface area contributed by atoms with E-state index < -0.39 is 10.0 Å². The van der Waals surface area contributed by atoms with Crippen LogP contribution in [0.5, 0.6) is 0 Å². The van der Waals surface area contributed by atoms with Crippen LogP contribution in [-0.2, 0) is 10.0 Å². The number of hydrogen-bond acceptors (Lipinski definition) is 3. The molecular formula is C13H21NO2S2. The maximum atomic E-state index is 12.1. The van der Waals surface area contributed by atoms with Crippen molar-refractivity contribution in [3.63, 3.8) is 0 Å². The molecule has 0 aliphatic carbocycles. The van der Waals surface area contributed by atoms with Gasteiger partial charge in [-0.15, -0.1) is 0 Å². The van der Waals surface area contributed by atoms with E-state index in [9.17, 15) is 8.42 Å². The van der Waals surface area contributed by atoms with E-state index in [4.69, 9.17) is 0 Å². The summed E-state index contributed by atoms with van der Waals surface area (Å²) in [5.41, 5.74) is 1.38. The Morgan fingerprint density at radius 3 is 2.56 bits per heavy atom. The van der Waals surface area contributed by atoms with Gasteiger partial charge in [0.25, 0.3) is 0 Å². The summed E-state index contributed by atoms with van der Waals surface area (Å²) in [4.78, 5) is 0. The third kappa shape index (κ3) is 3.33. The molecule has 1 saturated heterocycles. The molecule has 102 valence electrons. The van der Waals surface area contributed by atoms with Crippen molar-refractivity contribution in [2.75, 3.05) is 18.8 Å². The molecule has 0 bridgehead atoms. The maximum absolute atomic E-state index is 12.1.